The molecule has 2 fully saturated rings. The highest BCUT2D eigenvalue weighted by Crippen LogP contribution is 2.34. The van der Waals surface area contributed by atoms with Gasteiger partial charge in [-0.1, -0.05) is 19.9 Å². The molecule has 0 amide bonds. The number of aromatic nitrogens is 3. The lowest BCUT2D eigenvalue weighted by Gasteiger charge is -2.37. The van der Waals surface area contributed by atoms with Gasteiger partial charge in [0.05, 0.1) is 11.8 Å². The maximum absolute atomic E-state index is 13.0. The molecule has 2 saturated heterocycles. The van der Waals surface area contributed by atoms with Gasteiger partial charge in [-0.05, 0) is 61.9 Å². The molecule has 2 aliphatic heterocycles. The van der Waals surface area contributed by atoms with Crippen molar-refractivity contribution >= 4 is 48.5 Å². The van der Waals surface area contributed by atoms with E-state index in [-0.39, 0.29) is 22.9 Å². The molecule has 2 aliphatic rings. The molecule has 4 aromatic rings. The number of nitrogens with one attached hydrogen (secondary N) is 2. The number of aryl methyl sites for hydroxylation is 1. The molecule has 0 radical (unpaired) electrons. The molecule has 6 rings (SSSR count). The monoisotopic (exact) mass is 745 g/mol. The summed E-state index contributed by atoms with van der Waals surface area (Å²) in [7, 11) is -3.50. The zero-order valence-corrected chi connectivity index (χ0v) is 31.1. The minimum absolute atomic E-state index is 0.108. The number of hydrogen-bond acceptors (Lipinski definition) is 9. The summed E-state index contributed by atoms with van der Waals surface area (Å²) in [4.78, 5) is 14.0. The van der Waals surface area contributed by atoms with Crippen molar-refractivity contribution in [3.05, 3.63) is 52.3 Å². The topological polar surface area (TPSA) is 122 Å². The lowest BCUT2D eigenvalue weighted by Crippen LogP contribution is -2.54. The maximum Gasteiger partial charge on any atom is 0.393 e. The Balaban J connectivity index is 1.06. The fraction of sp³-hybridized carbons (Fsp3) is 0.571. The number of anilines is 1. The minimum Gasteiger partial charge on any atom is -0.367 e. The SMILES string of the molecule is Cc1c(CN2CCC(Nc3ncnc4sc(CC(F)(F)F)cc34)CC2)ccc2c1cc(C#N)n2C[C@H](C)N1CCN(S(=O)(=O)NCC(C)C)CC1. The van der Waals surface area contributed by atoms with Crippen LogP contribution in [0, 0.1) is 24.2 Å². The fourth-order valence-corrected chi connectivity index (χ4v) is 9.48. The van der Waals surface area contributed by atoms with Gasteiger partial charge in [0.2, 0.25) is 0 Å². The van der Waals surface area contributed by atoms with Crippen molar-refractivity contribution in [2.75, 3.05) is 51.1 Å². The third kappa shape index (κ3) is 8.83. The molecule has 0 bridgehead atoms. The number of fused-ring (bicyclic) bond motifs is 2. The molecule has 16 heteroatoms. The second kappa shape index (κ2) is 15.3. The number of hydrogen-bond donors (Lipinski definition) is 2. The normalized spacial score (nSPS) is 18.2. The largest absolute Gasteiger partial charge is 0.393 e. The van der Waals surface area contributed by atoms with Crippen molar-refractivity contribution in [2.45, 2.75) is 78.3 Å². The quantitative estimate of drug-likeness (QED) is 0.195. The Morgan fingerprint density at radius 2 is 1.76 bits per heavy atom. The molecule has 1 atom stereocenters. The van der Waals surface area contributed by atoms with Crippen molar-refractivity contribution in [3.63, 3.8) is 0 Å². The molecule has 276 valence electrons. The summed E-state index contributed by atoms with van der Waals surface area (Å²) in [6.07, 6.45) is -2.10. The van der Waals surface area contributed by atoms with Crippen molar-refractivity contribution < 1.29 is 21.6 Å². The van der Waals surface area contributed by atoms with Crippen LogP contribution in [-0.2, 0) is 29.7 Å². The summed E-state index contributed by atoms with van der Waals surface area (Å²) in [6, 6.07) is 10.5. The fourth-order valence-electron chi connectivity index (χ4n) is 7.08. The van der Waals surface area contributed by atoms with Crippen LogP contribution in [0.4, 0.5) is 19.0 Å². The first-order valence-corrected chi connectivity index (χ1v) is 19.8. The van der Waals surface area contributed by atoms with Crippen LogP contribution in [0.2, 0.25) is 0 Å². The van der Waals surface area contributed by atoms with Gasteiger partial charge in [-0.2, -0.15) is 31.2 Å². The lowest BCUT2D eigenvalue weighted by atomic mass is 10.0. The van der Waals surface area contributed by atoms with Crippen LogP contribution in [-0.4, -0.2) is 101 Å². The summed E-state index contributed by atoms with van der Waals surface area (Å²) in [6.45, 7) is 13.8. The van der Waals surface area contributed by atoms with Crippen molar-refractivity contribution in [1.29, 1.82) is 5.26 Å². The Morgan fingerprint density at radius 1 is 1.04 bits per heavy atom. The van der Waals surface area contributed by atoms with E-state index in [0.29, 0.717) is 61.0 Å². The van der Waals surface area contributed by atoms with Crippen LogP contribution < -0.4 is 10.0 Å². The molecular formula is C35H46F3N9O2S2. The summed E-state index contributed by atoms with van der Waals surface area (Å²) >= 11 is 1.06. The molecule has 2 N–H and O–H groups in total. The van der Waals surface area contributed by atoms with Crippen LogP contribution in [0.3, 0.4) is 0 Å². The van der Waals surface area contributed by atoms with E-state index in [1.165, 1.54) is 16.2 Å². The van der Waals surface area contributed by atoms with Gasteiger partial charge >= 0.3 is 6.18 Å². The first kappa shape index (κ1) is 37.4. The van der Waals surface area contributed by atoms with Gasteiger partial charge in [0.25, 0.3) is 10.2 Å². The number of benzene rings is 1. The van der Waals surface area contributed by atoms with Crippen LogP contribution in [0.25, 0.3) is 21.1 Å². The molecule has 11 nitrogen and oxygen atoms in total. The number of rotatable bonds is 12. The van der Waals surface area contributed by atoms with E-state index in [0.717, 1.165) is 60.3 Å². The Morgan fingerprint density at radius 3 is 2.43 bits per heavy atom. The molecule has 0 saturated carbocycles. The van der Waals surface area contributed by atoms with Crippen molar-refractivity contribution in [2.24, 2.45) is 5.92 Å². The van der Waals surface area contributed by atoms with Gasteiger partial charge in [-0.15, -0.1) is 11.3 Å². The highest BCUT2D eigenvalue weighted by atomic mass is 32.2. The van der Waals surface area contributed by atoms with Gasteiger partial charge in [0, 0.05) is 86.8 Å². The number of nitriles is 1. The van der Waals surface area contributed by atoms with E-state index in [4.69, 9.17) is 0 Å². The van der Waals surface area contributed by atoms with E-state index < -0.39 is 22.8 Å². The van der Waals surface area contributed by atoms with Crippen LogP contribution >= 0.6 is 11.3 Å². The molecule has 51 heavy (non-hydrogen) atoms. The summed E-state index contributed by atoms with van der Waals surface area (Å²) < 4.78 is 70.7. The average molecular weight is 746 g/mol. The Kier molecular flexibility index (Phi) is 11.3. The zero-order valence-electron chi connectivity index (χ0n) is 29.5. The minimum atomic E-state index is -4.27. The molecule has 3 aromatic heterocycles. The van der Waals surface area contributed by atoms with E-state index in [1.54, 1.807) is 6.07 Å². The predicted octanol–water partition coefficient (Wildman–Crippen LogP) is 5.50. The standard InChI is InChI=1S/C35H46F3N9O2S2/c1-23(2)19-42-51(48,49)46-13-11-45(12-14-46)24(3)20-47-28(18-39)15-30-25(4)26(5-6-32(30)47)21-44-9-7-27(8-10-44)43-33-31-16-29(17-35(36,37)38)50-34(31)41-22-40-33/h5-6,15-16,22-24,27,42H,7-14,17,19-21H2,1-4H3,(H,40,41,43)/t24-/m0/s1. The third-order valence-electron chi connectivity index (χ3n) is 10.0. The number of piperidine rings is 1. The Bertz CT molecular complexity index is 1990. The maximum atomic E-state index is 13.0. The summed E-state index contributed by atoms with van der Waals surface area (Å²) in [5.41, 5.74) is 3.99. The Hall–Kier alpha value is -3.33. The highest BCUT2D eigenvalue weighted by Gasteiger charge is 2.31. The van der Waals surface area contributed by atoms with E-state index in [1.807, 2.05) is 19.9 Å². The molecule has 0 unspecified atom stereocenters. The van der Waals surface area contributed by atoms with Crippen molar-refractivity contribution in [3.8, 4) is 6.07 Å². The number of likely N-dealkylation sites (tertiary alicyclic amines) is 1. The van der Waals surface area contributed by atoms with E-state index >= 15 is 0 Å². The van der Waals surface area contributed by atoms with Gasteiger partial charge < -0.3 is 9.88 Å². The van der Waals surface area contributed by atoms with E-state index in [2.05, 4.69) is 66.4 Å². The number of piperazine rings is 1. The van der Waals surface area contributed by atoms with Crippen LogP contribution in [0.5, 0.6) is 0 Å². The molecule has 1 aromatic carbocycles. The summed E-state index contributed by atoms with van der Waals surface area (Å²) in [5.74, 6) is 0.820. The summed E-state index contributed by atoms with van der Waals surface area (Å²) in [5, 5.41) is 15.2. The average Bonchev–Trinajstić information content (AvgIpc) is 3.66. The van der Waals surface area contributed by atoms with Crippen LogP contribution in [0.15, 0.2) is 30.6 Å². The number of nitrogens with zero attached hydrogens (tertiary/aromatic N) is 7. The van der Waals surface area contributed by atoms with Gasteiger partial charge in [-0.3, -0.25) is 9.80 Å². The first-order valence-electron chi connectivity index (χ1n) is 17.5. The number of halogens is 3. The van der Waals surface area contributed by atoms with Gasteiger partial charge in [-0.25, -0.2) is 14.7 Å². The predicted molar refractivity (Wildman–Crippen MR) is 195 cm³/mol. The molecule has 0 spiro atoms. The molecule has 5 heterocycles. The van der Waals surface area contributed by atoms with Crippen LogP contribution in [0.1, 0.15) is 55.3 Å². The zero-order chi connectivity index (χ0) is 36.5. The molecular weight excluding hydrogens is 700 g/mol. The van der Waals surface area contributed by atoms with Crippen molar-refractivity contribution in [1.82, 2.24) is 33.4 Å². The second-order valence-electron chi connectivity index (χ2n) is 14.2. The lowest BCUT2D eigenvalue weighted by molar-refractivity contribution is -0.126. The Labute approximate surface area is 301 Å². The second-order valence-corrected chi connectivity index (χ2v) is 17.1. The number of alkyl halides is 3. The van der Waals surface area contributed by atoms with E-state index in [9.17, 15) is 26.9 Å². The van der Waals surface area contributed by atoms with Gasteiger partial charge in [0.15, 0.2) is 0 Å². The first-order chi connectivity index (χ1) is 24.2. The third-order valence-corrected chi connectivity index (χ3v) is 12.6. The van der Waals surface area contributed by atoms with Gasteiger partial charge in [0.1, 0.15) is 28.7 Å². The number of thiophene rings is 1. The molecule has 0 aliphatic carbocycles. The highest BCUT2D eigenvalue weighted by molar-refractivity contribution is 7.87. The smallest absolute Gasteiger partial charge is 0.367 e.